The van der Waals surface area contributed by atoms with Crippen molar-refractivity contribution >= 4 is 11.8 Å². The molecule has 0 heterocycles. The van der Waals surface area contributed by atoms with Gasteiger partial charge in [-0.2, -0.15) is 11.8 Å². The van der Waals surface area contributed by atoms with E-state index in [1.54, 1.807) is 11.8 Å². The van der Waals surface area contributed by atoms with Crippen LogP contribution in [0.15, 0.2) is 18.2 Å². The van der Waals surface area contributed by atoms with Crippen molar-refractivity contribution in [2.45, 2.75) is 6.42 Å². The maximum Gasteiger partial charge on any atom is 0.127 e. The van der Waals surface area contributed by atoms with Gasteiger partial charge in [-0.05, 0) is 36.9 Å². The van der Waals surface area contributed by atoms with E-state index in [1.165, 1.54) is 12.1 Å². The first-order chi connectivity index (χ1) is 7.26. The van der Waals surface area contributed by atoms with Crippen LogP contribution in [0.5, 0.6) is 5.75 Å². The summed E-state index contributed by atoms with van der Waals surface area (Å²) in [5, 5.41) is 0. The lowest BCUT2D eigenvalue weighted by molar-refractivity contribution is 0.341. The molecule has 15 heavy (non-hydrogen) atoms. The number of ether oxygens (including phenoxy) is 1. The Labute approximate surface area is 94.0 Å². The predicted octanol–water partition coefficient (Wildman–Crippen LogP) is 2.07. The first-order valence-electron chi connectivity index (χ1n) is 4.87. The van der Waals surface area contributed by atoms with Crippen molar-refractivity contribution in [3.05, 3.63) is 29.6 Å². The number of hydrogen-bond donors (Lipinski definition) is 1. The minimum absolute atomic E-state index is 0.264. The Hall–Kier alpha value is -0.740. The summed E-state index contributed by atoms with van der Waals surface area (Å²) in [6.07, 6.45) is 2.69. The van der Waals surface area contributed by atoms with E-state index in [2.05, 4.69) is 0 Å². The molecule has 0 aliphatic heterocycles. The van der Waals surface area contributed by atoms with Crippen LogP contribution in [0.2, 0.25) is 0 Å². The van der Waals surface area contributed by atoms with Crippen molar-refractivity contribution in [3.63, 3.8) is 0 Å². The molecule has 0 fully saturated rings. The van der Waals surface area contributed by atoms with Crippen molar-refractivity contribution in [2.75, 3.05) is 25.2 Å². The maximum atomic E-state index is 13.1. The average molecular weight is 229 g/mol. The summed E-state index contributed by atoms with van der Waals surface area (Å²) in [6, 6.07) is 4.74. The monoisotopic (exact) mass is 229 g/mol. The van der Waals surface area contributed by atoms with Crippen LogP contribution >= 0.6 is 11.8 Å². The second-order valence-corrected chi connectivity index (χ2v) is 4.16. The van der Waals surface area contributed by atoms with E-state index in [4.69, 9.17) is 10.5 Å². The van der Waals surface area contributed by atoms with Crippen molar-refractivity contribution in [1.29, 1.82) is 0 Å². The standard InChI is InChI=1S/C11H16FNOS/c1-15-5-4-14-11-7-9(2-3-13)6-10(12)8-11/h6-8H,2-5,13H2,1H3. The second kappa shape index (κ2) is 6.69. The SMILES string of the molecule is CSCCOc1cc(F)cc(CCN)c1. The van der Waals surface area contributed by atoms with E-state index in [0.29, 0.717) is 25.3 Å². The van der Waals surface area contributed by atoms with Crippen LogP contribution in [0.3, 0.4) is 0 Å². The van der Waals surface area contributed by atoms with E-state index in [-0.39, 0.29) is 5.82 Å². The molecule has 1 rings (SSSR count). The lowest BCUT2D eigenvalue weighted by Crippen LogP contribution is -2.04. The Bertz CT molecular complexity index is 307. The molecule has 0 amide bonds. The van der Waals surface area contributed by atoms with Gasteiger partial charge >= 0.3 is 0 Å². The van der Waals surface area contributed by atoms with Gasteiger partial charge in [-0.3, -0.25) is 0 Å². The quantitative estimate of drug-likeness (QED) is 0.758. The van der Waals surface area contributed by atoms with Crippen LogP contribution in [-0.2, 0) is 6.42 Å². The molecule has 2 nitrogen and oxygen atoms in total. The number of rotatable bonds is 6. The van der Waals surface area contributed by atoms with E-state index in [9.17, 15) is 4.39 Å². The Morgan fingerprint density at radius 1 is 1.40 bits per heavy atom. The van der Waals surface area contributed by atoms with Gasteiger partial charge < -0.3 is 10.5 Å². The van der Waals surface area contributed by atoms with E-state index in [0.717, 1.165) is 11.3 Å². The molecule has 4 heteroatoms. The van der Waals surface area contributed by atoms with Gasteiger partial charge in [-0.1, -0.05) is 0 Å². The Balaban J connectivity index is 2.62. The fourth-order valence-corrected chi connectivity index (χ4v) is 1.51. The van der Waals surface area contributed by atoms with Gasteiger partial charge in [0.1, 0.15) is 11.6 Å². The van der Waals surface area contributed by atoms with E-state index < -0.39 is 0 Å². The summed E-state index contributed by atoms with van der Waals surface area (Å²) in [5.74, 6) is 1.23. The molecule has 0 aliphatic carbocycles. The number of nitrogens with two attached hydrogens (primary N) is 1. The molecule has 84 valence electrons. The molecule has 2 N–H and O–H groups in total. The summed E-state index contributed by atoms with van der Waals surface area (Å²) in [5.41, 5.74) is 6.30. The predicted molar refractivity (Wildman–Crippen MR) is 63.0 cm³/mol. The normalized spacial score (nSPS) is 10.3. The van der Waals surface area contributed by atoms with Gasteiger partial charge in [0.15, 0.2) is 0 Å². The Kier molecular flexibility index (Phi) is 5.50. The highest BCUT2D eigenvalue weighted by atomic mass is 32.2. The number of halogens is 1. The summed E-state index contributed by atoms with van der Waals surface area (Å²) >= 11 is 1.70. The summed E-state index contributed by atoms with van der Waals surface area (Å²) in [6.45, 7) is 1.13. The van der Waals surface area contributed by atoms with Crippen LogP contribution in [0, 0.1) is 5.82 Å². The molecule has 0 saturated carbocycles. The van der Waals surface area contributed by atoms with Crippen molar-refractivity contribution in [1.82, 2.24) is 0 Å². The van der Waals surface area contributed by atoms with Gasteiger partial charge in [0.25, 0.3) is 0 Å². The Morgan fingerprint density at radius 3 is 2.87 bits per heavy atom. The third kappa shape index (κ3) is 4.53. The van der Waals surface area contributed by atoms with Gasteiger partial charge in [0.05, 0.1) is 6.61 Å². The third-order valence-electron chi connectivity index (χ3n) is 1.92. The molecule has 0 atom stereocenters. The van der Waals surface area contributed by atoms with Crippen LogP contribution in [0.4, 0.5) is 4.39 Å². The number of hydrogen-bond acceptors (Lipinski definition) is 3. The van der Waals surface area contributed by atoms with Crippen LogP contribution < -0.4 is 10.5 Å². The van der Waals surface area contributed by atoms with Crippen LogP contribution in [-0.4, -0.2) is 25.2 Å². The van der Waals surface area contributed by atoms with Crippen LogP contribution in [0.25, 0.3) is 0 Å². The highest BCUT2D eigenvalue weighted by Gasteiger charge is 2.01. The lowest BCUT2D eigenvalue weighted by atomic mass is 10.1. The van der Waals surface area contributed by atoms with Crippen molar-refractivity contribution < 1.29 is 9.13 Å². The Morgan fingerprint density at radius 2 is 2.20 bits per heavy atom. The zero-order valence-electron chi connectivity index (χ0n) is 8.83. The fourth-order valence-electron chi connectivity index (χ4n) is 1.26. The van der Waals surface area contributed by atoms with Gasteiger partial charge in [-0.15, -0.1) is 0 Å². The van der Waals surface area contributed by atoms with Crippen molar-refractivity contribution in [3.8, 4) is 5.75 Å². The largest absolute Gasteiger partial charge is 0.493 e. The minimum Gasteiger partial charge on any atom is -0.493 e. The molecule has 0 radical (unpaired) electrons. The zero-order valence-corrected chi connectivity index (χ0v) is 9.65. The summed E-state index contributed by atoms with van der Waals surface area (Å²) in [4.78, 5) is 0. The van der Waals surface area contributed by atoms with E-state index >= 15 is 0 Å². The van der Waals surface area contributed by atoms with Crippen molar-refractivity contribution in [2.24, 2.45) is 5.73 Å². The molecule has 0 unspecified atom stereocenters. The maximum absolute atomic E-state index is 13.1. The molecule has 0 spiro atoms. The molecule has 0 saturated heterocycles. The molecule has 1 aromatic carbocycles. The molecule has 1 aromatic rings. The second-order valence-electron chi connectivity index (χ2n) is 3.18. The molecular formula is C11H16FNOS. The molecule has 0 aliphatic rings. The number of thioether (sulfide) groups is 1. The first-order valence-corrected chi connectivity index (χ1v) is 6.27. The topological polar surface area (TPSA) is 35.2 Å². The third-order valence-corrected chi connectivity index (χ3v) is 2.50. The molecule has 0 aromatic heterocycles. The smallest absolute Gasteiger partial charge is 0.127 e. The average Bonchev–Trinajstić information content (AvgIpc) is 2.18. The molecular weight excluding hydrogens is 213 g/mol. The van der Waals surface area contributed by atoms with Gasteiger partial charge in [-0.25, -0.2) is 4.39 Å². The lowest BCUT2D eigenvalue weighted by Gasteiger charge is -2.07. The number of benzene rings is 1. The minimum atomic E-state index is -0.264. The fraction of sp³-hybridized carbons (Fsp3) is 0.455. The van der Waals surface area contributed by atoms with Gasteiger partial charge in [0.2, 0.25) is 0 Å². The summed E-state index contributed by atoms with van der Waals surface area (Å²) in [7, 11) is 0. The first kappa shape index (κ1) is 12.3. The highest BCUT2D eigenvalue weighted by Crippen LogP contribution is 2.16. The highest BCUT2D eigenvalue weighted by molar-refractivity contribution is 7.98. The van der Waals surface area contributed by atoms with E-state index in [1.807, 2.05) is 12.3 Å². The summed E-state index contributed by atoms with van der Waals surface area (Å²) < 4.78 is 18.5. The van der Waals surface area contributed by atoms with Crippen LogP contribution in [0.1, 0.15) is 5.56 Å². The van der Waals surface area contributed by atoms with Gasteiger partial charge in [0, 0.05) is 11.8 Å². The zero-order chi connectivity index (χ0) is 11.1. The molecule has 0 bridgehead atoms.